The summed E-state index contributed by atoms with van der Waals surface area (Å²) in [5, 5.41) is 3.64. The standard InChI is InChI=1S/C23H31BrFNO2/c1-22(2,3)15-23(4,5)26-13-17-11-20(27-6)21(12-19(17)24)28-14-16-7-9-18(25)10-8-16/h7-12,26H,13-15H2,1-6H3. The monoisotopic (exact) mass is 451 g/mol. The molecule has 2 aromatic carbocycles. The molecular weight excluding hydrogens is 421 g/mol. The second-order valence-corrected chi connectivity index (χ2v) is 9.84. The predicted molar refractivity (Wildman–Crippen MR) is 116 cm³/mol. The third kappa shape index (κ3) is 7.10. The lowest BCUT2D eigenvalue weighted by atomic mass is 9.82. The van der Waals surface area contributed by atoms with Crippen LogP contribution in [0.1, 0.15) is 52.2 Å². The van der Waals surface area contributed by atoms with Crippen LogP contribution in [0.4, 0.5) is 4.39 Å². The number of halogens is 2. The van der Waals surface area contributed by atoms with Crippen molar-refractivity contribution in [2.24, 2.45) is 5.41 Å². The Balaban J connectivity index is 2.08. The number of hydrogen-bond donors (Lipinski definition) is 1. The van der Waals surface area contributed by atoms with E-state index in [1.807, 2.05) is 12.1 Å². The van der Waals surface area contributed by atoms with Crippen molar-refractivity contribution in [1.29, 1.82) is 0 Å². The third-order valence-electron chi connectivity index (χ3n) is 4.37. The minimum Gasteiger partial charge on any atom is -0.493 e. The molecule has 5 heteroatoms. The van der Waals surface area contributed by atoms with Crippen molar-refractivity contribution in [3.05, 3.63) is 57.8 Å². The third-order valence-corrected chi connectivity index (χ3v) is 5.11. The molecule has 0 amide bonds. The number of nitrogens with one attached hydrogen (secondary N) is 1. The van der Waals surface area contributed by atoms with Gasteiger partial charge < -0.3 is 14.8 Å². The van der Waals surface area contributed by atoms with E-state index in [2.05, 4.69) is 55.9 Å². The maximum atomic E-state index is 13.0. The largest absolute Gasteiger partial charge is 0.493 e. The highest BCUT2D eigenvalue weighted by atomic mass is 79.9. The van der Waals surface area contributed by atoms with Crippen molar-refractivity contribution in [2.75, 3.05) is 7.11 Å². The molecule has 0 bridgehead atoms. The van der Waals surface area contributed by atoms with Gasteiger partial charge in [-0.1, -0.05) is 48.8 Å². The van der Waals surface area contributed by atoms with Gasteiger partial charge in [-0.3, -0.25) is 0 Å². The Morgan fingerprint density at radius 3 is 2.21 bits per heavy atom. The molecule has 0 aliphatic carbocycles. The van der Waals surface area contributed by atoms with Crippen LogP contribution in [0.3, 0.4) is 0 Å². The normalized spacial score (nSPS) is 12.1. The van der Waals surface area contributed by atoms with E-state index in [4.69, 9.17) is 9.47 Å². The van der Waals surface area contributed by atoms with Gasteiger partial charge in [0.1, 0.15) is 12.4 Å². The van der Waals surface area contributed by atoms with Gasteiger partial charge in [-0.15, -0.1) is 0 Å². The molecule has 2 aromatic rings. The molecule has 0 atom stereocenters. The van der Waals surface area contributed by atoms with Gasteiger partial charge in [0.05, 0.1) is 7.11 Å². The molecule has 0 aliphatic heterocycles. The van der Waals surface area contributed by atoms with E-state index in [0.29, 0.717) is 18.1 Å². The average molecular weight is 452 g/mol. The summed E-state index contributed by atoms with van der Waals surface area (Å²) in [4.78, 5) is 0. The van der Waals surface area contributed by atoms with Crippen LogP contribution in [0, 0.1) is 11.2 Å². The molecule has 0 aromatic heterocycles. The van der Waals surface area contributed by atoms with Crippen LogP contribution < -0.4 is 14.8 Å². The molecule has 0 saturated carbocycles. The molecule has 0 aliphatic rings. The first kappa shape index (κ1) is 22.7. The quantitative estimate of drug-likeness (QED) is 0.497. The number of hydrogen-bond acceptors (Lipinski definition) is 3. The summed E-state index contributed by atoms with van der Waals surface area (Å²) < 4.78 is 25.4. The zero-order valence-corrected chi connectivity index (χ0v) is 19.2. The fourth-order valence-electron chi connectivity index (χ4n) is 3.45. The van der Waals surface area contributed by atoms with Gasteiger partial charge >= 0.3 is 0 Å². The van der Waals surface area contributed by atoms with Gasteiger partial charge in [0, 0.05) is 16.6 Å². The van der Waals surface area contributed by atoms with Gasteiger partial charge in [-0.2, -0.15) is 0 Å². The molecule has 0 heterocycles. The summed E-state index contributed by atoms with van der Waals surface area (Å²) in [5.74, 6) is 1.07. The predicted octanol–water partition coefficient (Wildman–Crippen LogP) is 6.48. The highest BCUT2D eigenvalue weighted by Gasteiger charge is 2.25. The average Bonchev–Trinajstić information content (AvgIpc) is 2.58. The zero-order chi connectivity index (χ0) is 20.9. The summed E-state index contributed by atoms with van der Waals surface area (Å²) in [6.07, 6.45) is 1.06. The highest BCUT2D eigenvalue weighted by molar-refractivity contribution is 9.10. The number of benzene rings is 2. The molecular formula is C23H31BrFNO2. The van der Waals surface area contributed by atoms with Crippen LogP contribution in [-0.2, 0) is 13.2 Å². The molecule has 0 radical (unpaired) electrons. The maximum absolute atomic E-state index is 13.0. The van der Waals surface area contributed by atoms with Gasteiger partial charge in [0.25, 0.3) is 0 Å². The number of ether oxygens (including phenoxy) is 2. The Hall–Kier alpha value is -1.59. The SMILES string of the molecule is COc1cc(CNC(C)(C)CC(C)(C)C)c(Br)cc1OCc1ccc(F)cc1. The van der Waals surface area contributed by atoms with E-state index in [1.165, 1.54) is 12.1 Å². The summed E-state index contributed by atoms with van der Waals surface area (Å²) in [7, 11) is 1.63. The van der Waals surface area contributed by atoms with Crippen molar-refractivity contribution < 1.29 is 13.9 Å². The molecule has 0 saturated heterocycles. The first-order chi connectivity index (χ1) is 13.0. The topological polar surface area (TPSA) is 30.5 Å². The van der Waals surface area contributed by atoms with E-state index < -0.39 is 0 Å². The van der Waals surface area contributed by atoms with Crippen molar-refractivity contribution in [3.63, 3.8) is 0 Å². The lowest BCUT2D eigenvalue weighted by Gasteiger charge is -2.33. The van der Waals surface area contributed by atoms with Crippen LogP contribution >= 0.6 is 15.9 Å². The Morgan fingerprint density at radius 1 is 1.00 bits per heavy atom. The molecule has 28 heavy (non-hydrogen) atoms. The Kier molecular flexibility index (Phi) is 7.52. The first-order valence-corrected chi connectivity index (χ1v) is 10.3. The Morgan fingerprint density at radius 2 is 1.64 bits per heavy atom. The van der Waals surface area contributed by atoms with Gasteiger partial charge in [0.2, 0.25) is 0 Å². The van der Waals surface area contributed by atoms with Crippen LogP contribution in [-0.4, -0.2) is 12.6 Å². The molecule has 1 N–H and O–H groups in total. The number of rotatable bonds is 8. The maximum Gasteiger partial charge on any atom is 0.162 e. The van der Waals surface area contributed by atoms with Crippen LogP contribution in [0.2, 0.25) is 0 Å². The second kappa shape index (κ2) is 9.27. The molecule has 0 spiro atoms. The first-order valence-electron chi connectivity index (χ1n) is 9.48. The minimum absolute atomic E-state index is 0.0165. The summed E-state index contributed by atoms with van der Waals surface area (Å²) in [6.45, 7) is 12.3. The molecule has 154 valence electrons. The Labute approximate surface area is 176 Å². The Bertz CT molecular complexity index is 782. The lowest BCUT2D eigenvalue weighted by Crippen LogP contribution is -2.41. The molecule has 0 fully saturated rings. The van der Waals surface area contributed by atoms with E-state index in [1.54, 1.807) is 19.2 Å². The van der Waals surface area contributed by atoms with E-state index in [-0.39, 0.29) is 16.8 Å². The van der Waals surface area contributed by atoms with Crippen molar-refractivity contribution in [3.8, 4) is 11.5 Å². The smallest absolute Gasteiger partial charge is 0.162 e. The van der Waals surface area contributed by atoms with Crippen LogP contribution in [0.25, 0.3) is 0 Å². The summed E-state index contributed by atoms with van der Waals surface area (Å²) >= 11 is 3.65. The van der Waals surface area contributed by atoms with Crippen LogP contribution in [0.5, 0.6) is 11.5 Å². The van der Waals surface area contributed by atoms with E-state index in [0.717, 1.165) is 28.6 Å². The fourth-order valence-corrected chi connectivity index (χ4v) is 3.91. The zero-order valence-electron chi connectivity index (χ0n) is 17.7. The fraction of sp³-hybridized carbons (Fsp3) is 0.478. The van der Waals surface area contributed by atoms with Gasteiger partial charge in [0.15, 0.2) is 11.5 Å². The minimum atomic E-state index is -0.254. The van der Waals surface area contributed by atoms with Gasteiger partial charge in [-0.05, 0) is 61.1 Å². The summed E-state index contributed by atoms with van der Waals surface area (Å²) in [5.41, 5.74) is 2.27. The van der Waals surface area contributed by atoms with Gasteiger partial charge in [-0.25, -0.2) is 4.39 Å². The highest BCUT2D eigenvalue weighted by Crippen LogP contribution is 2.35. The van der Waals surface area contributed by atoms with Crippen molar-refractivity contribution in [1.82, 2.24) is 5.32 Å². The molecule has 3 nitrogen and oxygen atoms in total. The number of methoxy groups -OCH3 is 1. The molecule has 2 rings (SSSR count). The lowest BCUT2D eigenvalue weighted by molar-refractivity contribution is 0.240. The van der Waals surface area contributed by atoms with E-state index in [9.17, 15) is 4.39 Å². The molecule has 0 unspecified atom stereocenters. The van der Waals surface area contributed by atoms with Crippen molar-refractivity contribution in [2.45, 2.75) is 59.7 Å². The van der Waals surface area contributed by atoms with Crippen LogP contribution in [0.15, 0.2) is 40.9 Å². The van der Waals surface area contributed by atoms with Crippen molar-refractivity contribution >= 4 is 15.9 Å². The van der Waals surface area contributed by atoms with E-state index >= 15 is 0 Å². The summed E-state index contributed by atoms with van der Waals surface area (Å²) in [6, 6.07) is 10.2. The second-order valence-electron chi connectivity index (χ2n) is 8.98.